The average molecular weight is 341 g/mol. The Balaban J connectivity index is 1.83. The first-order chi connectivity index (χ1) is 11.6. The minimum Gasteiger partial charge on any atom is -0.482 e. The Kier molecular flexibility index (Phi) is 3.23. The summed E-state index contributed by atoms with van der Waals surface area (Å²) in [5, 5.41) is 0. The number of carbonyl (C=O) groups is 2. The lowest BCUT2D eigenvalue weighted by atomic mass is 9.44. The van der Waals surface area contributed by atoms with Gasteiger partial charge in [0.05, 0.1) is 5.70 Å². The topological polar surface area (TPSA) is 69.4 Å². The van der Waals surface area contributed by atoms with Crippen LogP contribution in [0.3, 0.4) is 0 Å². The molecule has 4 heteroatoms. The zero-order valence-electron chi connectivity index (χ0n) is 15.4. The zero-order chi connectivity index (χ0) is 18.2. The highest BCUT2D eigenvalue weighted by Gasteiger charge is 2.64. The summed E-state index contributed by atoms with van der Waals surface area (Å²) in [7, 11) is 0. The molecule has 1 heterocycles. The van der Waals surface area contributed by atoms with Gasteiger partial charge < -0.3 is 10.5 Å². The summed E-state index contributed by atoms with van der Waals surface area (Å²) < 4.78 is 6.32. The Hall–Kier alpha value is -1.84. The summed E-state index contributed by atoms with van der Waals surface area (Å²) in [4.78, 5) is 25.0. The van der Waals surface area contributed by atoms with Crippen LogP contribution in [0.15, 0.2) is 35.3 Å². The van der Waals surface area contributed by atoms with Gasteiger partial charge in [0.15, 0.2) is 5.76 Å². The maximum Gasteiger partial charge on any atom is 0.223 e. The maximum atomic E-state index is 12.6. The Morgan fingerprint density at radius 2 is 1.96 bits per heavy atom. The molecule has 25 heavy (non-hydrogen) atoms. The van der Waals surface area contributed by atoms with E-state index in [1.54, 1.807) is 0 Å². The third kappa shape index (κ3) is 1.94. The van der Waals surface area contributed by atoms with Gasteiger partial charge in [0, 0.05) is 17.1 Å². The number of nitrogens with two attached hydrogens (primary N) is 1. The van der Waals surface area contributed by atoms with E-state index in [2.05, 4.69) is 27.4 Å². The lowest BCUT2D eigenvalue weighted by molar-refractivity contribution is -0.191. The number of allylic oxidation sites excluding steroid dienone is 3. The molecule has 0 radical (unpaired) electrons. The predicted octanol–water partition coefficient (Wildman–Crippen LogP) is 3.58. The summed E-state index contributed by atoms with van der Waals surface area (Å²) in [5.41, 5.74) is 7.05. The van der Waals surface area contributed by atoms with Crippen LogP contribution in [0.1, 0.15) is 59.3 Å². The van der Waals surface area contributed by atoms with E-state index < -0.39 is 5.60 Å². The van der Waals surface area contributed by atoms with Crippen molar-refractivity contribution in [1.82, 2.24) is 0 Å². The summed E-state index contributed by atoms with van der Waals surface area (Å²) >= 11 is 0. The Morgan fingerprint density at radius 3 is 2.68 bits per heavy atom. The Morgan fingerprint density at radius 1 is 1.24 bits per heavy atom. The van der Waals surface area contributed by atoms with Crippen molar-refractivity contribution in [3.05, 3.63) is 35.3 Å². The first-order valence-corrected chi connectivity index (χ1v) is 9.29. The minimum absolute atomic E-state index is 0.0335. The van der Waals surface area contributed by atoms with Gasteiger partial charge in [-0.3, -0.25) is 9.59 Å². The van der Waals surface area contributed by atoms with E-state index in [4.69, 9.17) is 10.5 Å². The maximum absolute atomic E-state index is 12.6. The molecule has 0 spiro atoms. The number of hydrogen-bond donors (Lipinski definition) is 1. The average Bonchev–Trinajstić information content (AvgIpc) is 2.55. The van der Waals surface area contributed by atoms with Crippen LogP contribution in [0.4, 0.5) is 0 Å². The van der Waals surface area contributed by atoms with E-state index in [0.717, 1.165) is 32.1 Å². The van der Waals surface area contributed by atoms with Crippen LogP contribution < -0.4 is 5.73 Å². The number of fused-ring (bicyclic) bond motifs is 3. The smallest absolute Gasteiger partial charge is 0.223 e. The van der Waals surface area contributed by atoms with E-state index in [1.165, 1.54) is 11.6 Å². The quantitative estimate of drug-likeness (QED) is 0.540. The van der Waals surface area contributed by atoms with Crippen molar-refractivity contribution in [2.45, 2.75) is 64.9 Å². The largest absolute Gasteiger partial charge is 0.482 e. The highest BCUT2D eigenvalue weighted by atomic mass is 16.5. The third-order valence-corrected chi connectivity index (χ3v) is 7.84. The van der Waals surface area contributed by atoms with Crippen molar-refractivity contribution in [3.63, 3.8) is 0 Å². The first-order valence-electron chi connectivity index (χ1n) is 9.29. The summed E-state index contributed by atoms with van der Waals surface area (Å²) in [5.74, 6) is 0.123. The van der Waals surface area contributed by atoms with Crippen molar-refractivity contribution >= 4 is 11.6 Å². The number of ketones is 2. The first kappa shape index (κ1) is 16.6. The summed E-state index contributed by atoms with van der Waals surface area (Å²) in [6, 6.07) is 0. The lowest BCUT2D eigenvalue weighted by Gasteiger charge is -2.64. The summed E-state index contributed by atoms with van der Waals surface area (Å²) in [6.45, 7) is 11.1. The van der Waals surface area contributed by atoms with E-state index in [-0.39, 0.29) is 33.9 Å². The van der Waals surface area contributed by atoms with E-state index >= 15 is 0 Å². The summed E-state index contributed by atoms with van der Waals surface area (Å²) in [6.07, 6.45) is 6.99. The molecule has 134 valence electrons. The van der Waals surface area contributed by atoms with Crippen LogP contribution in [0.5, 0.6) is 0 Å². The van der Waals surface area contributed by atoms with Gasteiger partial charge in [-0.2, -0.15) is 0 Å². The number of rotatable bonds is 0. The highest BCUT2D eigenvalue weighted by molar-refractivity contribution is 6.21. The third-order valence-electron chi connectivity index (χ3n) is 7.84. The van der Waals surface area contributed by atoms with Crippen molar-refractivity contribution in [1.29, 1.82) is 0 Å². The van der Waals surface area contributed by atoms with Gasteiger partial charge in [0.2, 0.25) is 11.6 Å². The molecule has 1 aliphatic heterocycles. The second-order valence-corrected chi connectivity index (χ2v) is 8.99. The lowest BCUT2D eigenvalue weighted by Crippen LogP contribution is -2.62. The molecule has 0 aromatic rings. The molecule has 2 saturated carbocycles. The van der Waals surface area contributed by atoms with Crippen LogP contribution in [0, 0.1) is 16.7 Å². The molecule has 3 aliphatic carbocycles. The Labute approximate surface area is 149 Å². The van der Waals surface area contributed by atoms with Crippen molar-refractivity contribution in [2.24, 2.45) is 22.5 Å². The van der Waals surface area contributed by atoms with Crippen LogP contribution in [-0.4, -0.2) is 17.2 Å². The molecule has 4 atom stereocenters. The fourth-order valence-electron chi connectivity index (χ4n) is 5.94. The van der Waals surface area contributed by atoms with Crippen LogP contribution in [0.2, 0.25) is 0 Å². The van der Waals surface area contributed by atoms with Gasteiger partial charge in [-0.05, 0) is 56.8 Å². The normalized spacial score (nSPS) is 43.7. The van der Waals surface area contributed by atoms with E-state index in [1.807, 2.05) is 0 Å². The fraction of sp³-hybridized carbons (Fsp3) is 0.619. The zero-order valence-corrected chi connectivity index (χ0v) is 15.4. The molecule has 4 rings (SSSR count). The molecule has 0 amide bonds. The molecule has 4 aliphatic rings. The number of ether oxygens (including phenoxy) is 1. The van der Waals surface area contributed by atoms with Gasteiger partial charge in [0.25, 0.3) is 0 Å². The molecule has 4 nitrogen and oxygen atoms in total. The predicted molar refractivity (Wildman–Crippen MR) is 95.3 cm³/mol. The second-order valence-electron chi connectivity index (χ2n) is 8.99. The van der Waals surface area contributed by atoms with Crippen LogP contribution in [-0.2, 0) is 14.3 Å². The minimum atomic E-state index is -0.441. The van der Waals surface area contributed by atoms with Gasteiger partial charge in [-0.15, -0.1) is 0 Å². The van der Waals surface area contributed by atoms with E-state index in [0.29, 0.717) is 17.9 Å². The van der Waals surface area contributed by atoms with E-state index in [9.17, 15) is 9.59 Å². The van der Waals surface area contributed by atoms with Crippen LogP contribution >= 0.6 is 0 Å². The molecule has 0 saturated heterocycles. The van der Waals surface area contributed by atoms with Crippen molar-refractivity contribution in [3.8, 4) is 0 Å². The SMILES string of the molecule is C=C1CCC[C@H]2[C@]3(C)CC4=C(O[C@]3(C)CC[C@]12C)C(=O)C=C(N)C4=O. The van der Waals surface area contributed by atoms with Crippen molar-refractivity contribution in [2.75, 3.05) is 0 Å². The standard InChI is InChI=1S/C21H27NO3/c1-12-6-5-7-16-19(12,2)8-9-21(4)20(16,3)11-13-17(24)14(22)10-15(23)18(13)25-21/h10,16H,1,5-9,11,22H2,2-4H3/t16-,19-,20+,21-/m1/s1. The molecule has 0 aromatic carbocycles. The highest BCUT2D eigenvalue weighted by Crippen LogP contribution is 2.67. The monoisotopic (exact) mass is 341 g/mol. The van der Waals surface area contributed by atoms with Gasteiger partial charge in [-0.25, -0.2) is 0 Å². The molecular weight excluding hydrogens is 314 g/mol. The molecular formula is C21H27NO3. The molecule has 0 aromatic heterocycles. The number of Topliss-reactive ketones (excluding diaryl/α,β-unsaturated/α-hetero) is 1. The number of carbonyl (C=O) groups excluding carboxylic acids is 2. The fourth-order valence-corrected chi connectivity index (χ4v) is 5.94. The van der Waals surface area contributed by atoms with Crippen LogP contribution in [0.25, 0.3) is 0 Å². The number of hydrogen-bond acceptors (Lipinski definition) is 4. The van der Waals surface area contributed by atoms with Gasteiger partial charge in [0.1, 0.15) is 5.60 Å². The second kappa shape index (κ2) is 4.87. The molecule has 2 fully saturated rings. The molecule has 0 bridgehead atoms. The van der Waals surface area contributed by atoms with Gasteiger partial charge in [-0.1, -0.05) is 26.0 Å². The molecule has 2 N–H and O–H groups in total. The molecule has 0 unspecified atom stereocenters. The Bertz CT molecular complexity index is 776. The van der Waals surface area contributed by atoms with Gasteiger partial charge >= 0.3 is 0 Å². The van der Waals surface area contributed by atoms with Crippen molar-refractivity contribution < 1.29 is 14.3 Å².